The maximum atomic E-state index is 5.49. The van der Waals surface area contributed by atoms with Crippen LogP contribution < -0.4 is 0 Å². The van der Waals surface area contributed by atoms with Crippen LogP contribution in [0.5, 0.6) is 0 Å². The van der Waals surface area contributed by atoms with Gasteiger partial charge >= 0.3 is 0 Å². The maximum Gasteiger partial charge on any atom is 0.211 e. The lowest BCUT2D eigenvalue weighted by molar-refractivity contribution is 0.0790. The Bertz CT molecular complexity index is 248. The molecule has 0 fully saturated rings. The van der Waals surface area contributed by atoms with Crippen molar-refractivity contribution in [3.05, 3.63) is 12.2 Å². The molecule has 3 heteroatoms. The van der Waals surface area contributed by atoms with Crippen LogP contribution in [0.15, 0.2) is 17.1 Å². The highest BCUT2D eigenvalue weighted by atomic mass is 16.5. The molecule has 0 saturated carbocycles. The third kappa shape index (κ3) is 2.35. The Hall–Kier alpha value is -0.830. The topological polar surface area (TPSA) is 30.8 Å². The molecule has 0 N–H and O–H groups in total. The van der Waals surface area contributed by atoms with Crippen molar-refractivity contribution in [3.63, 3.8) is 0 Å². The fourth-order valence-electron chi connectivity index (χ4n) is 1.35. The summed E-state index contributed by atoms with van der Waals surface area (Å²) >= 11 is 0. The van der Waals surface area contributed by atoms with E-state index in [-0.39, 0.29) is 5.54 Å². The van der Waals surface area contributed by atoms with Crippen molar-refractivity contribution in [3.8, 4) is 0 Å². The summed E-state index contributed by atoms with van der Waals surface area (Å²) in [7, 11) is 0. The molecule has 1 unspecified atom stereocenters. The summed E-state index contributed by atoms with van der Waals surface area (Å²) in [5, 5.41) is 0. The van der Waals surface area contributed by atoms with Crippen molar-refractivity contribution in [1.29, 1.82) is 0 Å². The van der Waals surface area contributed by atoms with E-state index < -0.39 is 0 Å². The van der Waals surface area contributed by atoms with Crippen LogP contribution in [-0.4, -0.2) is 31.3 Å². The molecule has 1 aliphatic rings. The summed E-state index contributed by atoms with van der Waals surface area (Å²) in [5.74, 6) is 0.687. The highest BCUT2D eigenvalue weighted by Gasteiger charge is 2.35. The van der Waals surface area contributed by atoms with E-state index in [4.69, 9.17) is 9.47 Å². The van der Waals surface area contributed by atoms with Crippen molar-refractivity contribution in [2.75, 3.05) is 19.8 Å². The smallest absolute Gasteiger partial charge is 0.211 e. The summed E-state index contributed by atoms with van der Waals surface area (Å²) < 4.78 is 10.9. The molecule has 1 atom stereocenters. The molecule has 3 nitrogen and oxygen atoms in total. The molecule has 1 aliphatic heterocycles. The van der Waals surface area contributed by atoms with Crippen molar-refractivity contribution in [1.82, 2.24) is 0 Å². The van der Waals surface area contributed by atoms with Crippen molar-refractivity contribution >= 4 is 5.90 Å². The summed E-state index contributed by atoms with van der Waals surface area (Å²) in [4.78, 5) is 4.54. The van der Waals surface area contributed by atoms with E-state index in [1.165, 1.54) is 0 Å². The summed E-state index contributed by atoms with van der Waals surface area (Å²) in [5.41, 5.74) is 0.710. The third-order valence-corrected chi connectivity index (χ3v) is 2.41. The van der Waals surface area contributed by atoms with E-state index in [2.05, 4.69) is 18.5 Å². The fraction of sp³-hybridized carbons (Fsp3) is 0.727. The molecule has 0 bridgehead atoms. The van der Waals surface area contributed by atoms with Gasteiger partial charge in [-0.05, 0) is 20.3 Å². The molecule has 0 aromatic rings. The molecule has 0 amide bonds. The molecule has 80 valence electrons. The first-order valence-electron chi connectivity index (χ1n) is 5.10. The van der Waals surface area contributed by atoms with E-state index in [1.807, 2.05) is 13.8 Å². The lowest BCUT2D eigenvalue weighted by atomic mass is 10.0. The van der Waals surface area contributed by atoms with Gasteiger partial charge in [0.2, 0.25) is 5.90 Å². The average Bonchev–Trinajstić information content (AvgIpc) is 2.60. The Morgan fingerprint density at radius 1 is 1.64 bits per heavy atom. The van der Waals surface area contributed by atoms with Crippen LogP contribution in [-0.2, 0) is 9.47 Å². The van der Waals surface area contributed by atoms with Crippen LogP contribution in [0.1, 0.15) is 27.2 Å². The summed E-state index contributed by atoms with van der Waals surface area (Å²) in [6.07, 6.45) is 0.934. The van der Waals surface area contributed by atoms with Crippen LogP contribution >= 0.6 is 0 Å². The highest BCUT2D eigenvalue weighted by Crippen LogP contribution is 2.25. The van der Waals surface area contributed by atoms with E-state index in [1.54, 1.807) is 0 Å². The number of hydrogen-bond donors (Lipinski definition) is 0. The molecule has 0 aliphatic carbocycles. The Morgan fingerprint density at radius 3 is 2.79 bits per heavy atom. The average molecular weight is 197 g/mol. The van der Waals surface area contributed by atoms with Gasteiger partial charge in [-0.1, -0.05) is 13.5 Å². The molecule has 0 radical (unpaired) electrons. The van der Waals surface area contributed by atoms with Gasteiger partial charge in [0.05, 0.1) is 6.61 Å². The van der Waals surface area contributed by atoms with E-state index >= 15 is 0 Å². The Balaban J connectivity index is 2.68. The SMILES string of the molecule is C=C(C)C1=NC(CC)(COCC)CO1. The molecular weight excluding hydrogens is 178 g/mol. The van der Waals surface area contributed by atoms with Crippen molar-refractivity contribution < 1.29 is 9.47 Å². The standard InChI is InChI=1S/C11H19NO2/c1-5-11(7-13-6-2)8-14-10(12-11)9(3)4/h3,5-8H2,1-2,4H3. The molecule has 0 saturated heterocycles. The zero-order chi connectivity index (χ0) is 10.6. The lowest BCUT2D eigenvalue weighted by Crippen LogP contribution is -2.33. The number of nitrogens with zero attached hydrogens (tertiary/aromatic N) is 1. The summed E-state index contributed by atoms with van der Waals surface area (Å²) in [6, 6.07) is 0. The van der Waals surface area contributed by atoms with Crippen LogP contribution in [0.2, 0.25) is 0 Å². The minimum Gasteiger partial charge on any atom is -0.475 e. The minimum absolute atomic E-state index is 0.176. The normalized spacial score (nSPS) is 25.8. The second kappa shape index (κ2) is 4.60. The van der Waals surface area contributed by atoms with Gasteiger partial charge in [-0.15, -0.1) is 0 Å². The summed E-state index contributed by atoms with van der Waals surface area (Å²) in [6.45, 7) is 11.8. The molecule has 0 spiro atoms. The molecule has 0 aromatic carbocycles. The maximum absolute atomic E-state index is 5.49. The molecular formula is C11H19NO2. The van der Waals surface area contributed by atoms with Gasteiger partial charge < -0.3 is 9.47 Å². The van der Waals surface area contributed by atoms with E-state index in [0.29, 0.717) is 19.1 Å². The first kappa shape index (κ1) is 11.2. The number of aliphatic imine (C=N–C) groups is 1. The van der Waals surface area contributed by atoms with Gasteiger partial charge in [0.15, 0.2) is 0 Å². The Kier molecular flexibility index (Phi) is 3.69. The Labute approximate surface area is 85.8 Å². The largest absolute Gasteiger partial charge is 0.475 e. The monoisotopic (exact) mass is 197 g/mol. The zero-order valence-electron chi connectivity index (χ0n) is 9.30. The van der Waals surface area contributed by atoms with Gasteiger partial charge in [-0.3, -0.25) is 0 Å². The van der Waals surface area contributed by atoms with Crippen molar-refractivity contribution in [2.45, 2.75) is 32.7 Å². The van der Waals surface area contributed by atoms with Gasteiger partial charge in [0.25, 0.3) is 0 Å². The van der Waals surface area contributed by atoms with Crippen LogP contribution in [0.3, 0.4) is 0 Å². The van der Waals surface area contributed by atoms with Crippen LogP contribution in [0.25, 0.3) is 0 Å². The molecule has 1 heterocycles. The van der Waals surface area contributed by atoms with Crippen LogP contribution in [0, 0.1) is 0 Å². The number of ether oxygens (including phenoxy) is 2. The predicted octanol–water partition coefficient (Wildman–Crippen LogP) is 2.18. The lowest BCUT2D eigenvalue weighted by Gasteiger charge is -2.21. The van der Waals surface area contributed by atoms with Gasteiger partial charge in [0.1, 0.15) is 12.1 Å². The molecule has 14 heavy (non-hydrogen) atoms. The number of hydrogen-bond acceptors (Lipinski definition) is 3. The van der Waals surface area contributed by atoms with Gasteiger partial charge in [0, 0.05) is 12.2 Å². The Morgan fingerprint density at radius 2 is 2.36 bits per heavy atom. The van der Waals surface area contributed by atoms with E-state index in [0.717, 1.165) is 18.6 Å². The van der Waals surface area contributed by atoms with Crippen molar-refractivity contribution in [2.24, 2.45) is 4.99 Å². The second-order valence-corrected chi connectivity index (χ2v) is 3.70. The predicted molar refractivity (Wildman–Crippen MR) is 57.7 cm³/mol. The first-order valence-corrected chi connectivity index (χ1v) is 5.10. The number of rotatable bonds is 5. The zero-order valence-corrected chi connectivity index (χ0v) is 9.30. The molecule has 1 rings (SSSR count). The quantitative estimate of drug-likeness (QED) is 0.676. The highest BCUT2D eigenvalue weighted by molar-refractivity contribution is 5.93. The van der Waals surface area contributed by atoms with Gasteiger partial charge in [-0.2, -0.15) is 0 Å². The fourth-order valence-corrected chi connectivity index (χ4v) is 1.35. The third-order valence-electron chi connectivity index (χ3n) is 2.41. The van der Waals surface area contributed by atoms with Gasteiger partial charge in [-0.25, -0.2) is 4.99 Å². The second-order valence-electron chi connectivity index (χ2n) is 3.70. The van der Waals surface area contributed by atoms with Crippen LogP contribution in [0.4, 0.5) is 0 Å². The minimum atomic E-state index is -0.176. The molecule has 0 aromatic heterocycles. The first-order chi connectivity index (χ1) is 6.63. The van der Waals surface area contributed by atoms with E-state index in [9.17, 15) is 0 Å².